The number of halogens is 1. The fourth-order valence-electron chi connectivity index (χ4n) is 3.71. The Bertz CT molecular complexity index is 1310. The molecule has 0 bridgehead atoms. The molecular weight excluding hydrogens is 419 g/mol. The van der Waals surface area contributed by atoms with Gasteiger partial charge in [0.1, 0.15) is 16.4 Å². The van der Waals surface area contributed by atoms with E-state index in [9.17, 15) is 12.8 Å². The Morgan fingerprint density at radius 3 is 2.42 bits per heavy atom. The lowest BCUT2D eigenvalue weighted by atomic mass is 10.1. The minimum absolute atomic E-state index is 0.243. The monoisotopic (exact) mass is 438 g/mol. The number of nitrogens with zero attached hydrogens (tertiary/aromatic N) is 5. The van der Waals surface area contributed by atoms with Gasteiger partial charge in [0.25, 0.3) is 0 Å². The Hall–Kier alpha value is -3.37. The molecule has 0 amide bonds. The highest BCUT2D eigenvalue weighted by Crippen LogP contribution is 2.26. The van der Waals surface area contributed by atoms with Gasteiger partial charge in [0, 0.05) is 49.5 Å². The van der Waals surface area contributed by atoms with Gasteiger partial charge in [0.05, 0.1) is 5.69 Å². The molecule has 5 rings (SSSR count). The largest absolute Gasteiger partial charge is 0.352 e. The molecule has 1 aliphatic heterocycles. The normalized spacial score (nSPS) is 15.5. The van der Waals surface area contributed by atoms with Crippen molar-refractivity contribution in [2.24, 2.45) is 0 Å². The number of aromatic nitrogens is 4. The molecule has 1 saturated heterocycles. The molecular formula is C21H19FN6O2S. The van der Waals surface area contributed by atoms with Gasteiger partial charge in [-0.25, -0.2) is 17.8 Å². The quantitative estimate of drug-likeness (QED) is 0.526. The summed E-state index contributed by atoms with van der Waals surface area (Å²) < 4.78 is 40.9. The summed E-state index contributed by atoms with van der Waals surface area (Å²) in [6.45, 7) is 1.70. The van der Waals surface area contributed by atoms with Gasteiger partial charge in [-0.1, -0.05) is 0 Å². The number of hydrogen-bond acceptors (Lipinski definition) is 6. The van der Waals surface area contributed by atoms with Crippen molar-refractivity contribution >= 4 is 26.9 Å². The lowest BCUT2D eigenvalue weighted by molar-refractivity contribution is 0.384. The first-order valence-corrected chi connectivity index (χ1v) is 11.2. The van der Waals surface area contributed by atoms with Crippen LogP contribution in [0.2, 0.25) is 0 Å². The SMILES string of the molecule is O=S(=O)(c1c[nH]c2ncccc12)N1CCN(c2ccc(-c3ccc(F)cc3)nn2)CC1. The summed E-state index contributed by atoms with van der Waals surface area (Å²) in [6.07, 6.45) is 3.12. The highest BCUT2D eigenvalue weighted by Gasteiger charge is 2.31. The van der Waals surface area contributed by atoms with Crippen LogP contribution in [-0.4, -0.2) is 59.1 Å². The minimum atomic E-state index is -3.63. The van der Waals surface area contributed by atoms with Crippen LogP contribution in [0.25, 0.3) is 22.3 Å². The maximum Gasteiger partial charge on any atom is 0.245 e. The Balaban J connectivity index is 1.29. The molecule has 31 heavy (non-hydrogen) atoms. The van der Waals surface area contributed by atoms with Crippen molar-refractivity contribution in [3.05, 3.63) is 66.7 Å². The Kier molecular flexibility index (Phi) is 4.87. The maximum atomic E-state index is 13.1. The van der Waals surface area contributed by atoms with Crippen LogP contribution >= 0.6 is 0 Å². The highest BCUT2D eigenvalue weighted by atomic mass is 32.2. The smallest absolute Gasteiger partial charge is 0.245 e. The summed E-state index contributed by atoms with van der Waals surface area (Å²) in [5.74, 6) is 0.379. The number of pyridine rings is 1. The van der Waals surface area contributed by atoms with Crippen molar-refractivity contribution in [2.75, 3.05) is 31.1 Å². The van der Waals surface area contributed by atoms with Gasteiger partial charge < -0.3 is 9.88 Å². The van der Waals surface area contributed by atoms with Crippen LogP contribution in [0.3, 0.4) is 0 Å². The average molecular weight is 438 g/mol. The van der Waals surface area contributed by atoms with Crippen molar-refractivity contribution in [1.29, 1.82) is 0 Å². The fraction of sp³-hybridized carbons (Fsp3) is 0.190. The van der Waals surface area contributed by atoms with Crippen LogP contribution < -0.4 is 4.90 Å². The fourth-order valence-corrected chi connectivity index (χ4v) is 5.28. The number of fused-ring (bicyclic) bond motifs is 1. The molecule has 0 atom stereocenters. The van der Waals surface area contributed by atoms with Crippen LogP contribution in [0.5, 0.6) is 0 Å². The zero-order valence-corrected chi connectivity index (χ0v) is 17.3. The summed E-state index contributed by atoms with van der Waals surface area (Å²) in [4.78, 5) is 9.34. The Labute approximate surface area is 178 Å². The summed E-state index contributed by atoms with van der Waals surface area (Å²) >= 11 is 0. The number of benzene rings is 1. The zero-order valence-electron chi connectivity index (χ0n) is 16.4. The highest BCUT2D eigenvalue weighted by molar-refractivity contribution is 7.89. The van der Waals surface area contributed by atoms with Crippen LogP contribution in [0.1, 0.15) is 0 Å². The molecule has 1 aliphatic rings. The average Bonchev–Trinajstić information content (AvgIpc) is 3.25. The first-order valence-electron chi connectivity index (χ1n) is 9.79. The standard InChI is InChI=1S/C21H19FN6O2S/c22-16-5-3-15(4-6-16)18-7-8-20(26-25-18)27-10-12-28(13-11-27)31(29,30)19-14-24-21-17(19)2-1-9-23-21/h1-9,14H,10-13H2,(H,23,24). The molecule has 1 aromatic carbocycles. The number of piperazine rings is 1. The van der Waals surface area contributed by atoms with Crippen molar-refractivity contribution < 1.29 is 12.8 Å². The van der Waals surface area contributed by atoms with E-state index in [4.69, 9.17) is 0 Å². The minimum Gasteiger partial charge on any atom is -0.352 e. The van der Waals surface area contributed by atoms with Crippen molar-refractivity contribution in [3.63, 3.8) is 0 Å². The molecule has 0 unspecified atom stereocenters. The molecule has 1 fully saturated rings. The third-order valence-corrected chi connectivity index (χ3v) is 7.32. The predicted molar refractivity (Wildman–Crippen MR) is 114 cm³/mol. The Morgan fingerprint density at radius 2 is 1.71 bits per heavy atom. The Morgan fingerprint density at radius 1 is 0.935 bits per heavy atom. The van der Waals surface area contributed by atoms with E-state index in [0.29, 0.717) is 48.7 Å². The van der Waals surface area contributed by atoms with Crippen LogP contribution in [-0.2, 0) is 10.0 Å². The van der Waals surface area contributed by atoms with E-state index in [1.807, 2.05) is 17.0 Å². The topological polar surface area (TPSA) is 95.1 Å². The number of rotatable bonds is 4. The molecule has 4 aromatic rings. The van der Waals surface area contributed by atoms with E-state index in [1.165, 1.54) is 22.6 Å². The van der Waals surface area contributed by atoms with Gasteiger partial charge >= 0.3 is 0 Å². The molecule has 1 N–H and O–H groups in total. The van der Waals surface area contributed by atoms with E-state index in [1.54, 1.807) is 30.5 Å². The number of aromatic amines is 1. The molecule has 158 valence electrons. The third kappa shape index (κ3) is 3.64. The second-order valence-electron chi connectivity index (χ2n) is 7.23. The number of hydrogen-bond donors (Lipinski definition) is 1. The van der Waals surface area contributed by atoms with E-state index >= 15 is 0 Å². The first kappa shape index (κ1) is 19.6. The van der Waals surface area contributed by atoms with E-state index in [2.05, 4.69) is 20.2 Å². The van der Waals surface area contributed by atoms with Crippen LogP contribution in [0, 0.1) is 5.82 Å². The number of sulfonamides is 1. The molecule has 0 aliphatic carbocycles. The summed E-state index contributed by atoms with van der Waals surface area (Å²) in [6, 6.07) is 13.2. The van der Waals surface area contributed by atoms with Gasteiger partial charge in [-0.05, 0) is 48.5 Å². The van der Waals surface area contributed by atoms with Crippen LogP contribution in [0.15, 0.2) is 65.8 Å². The second-order valence-corrected chi connectivity index (χ2v) is 9.13. The van der Waals surface area contributed by atoms with Gasteiger partial charge in [-0.2, -0.15) is 4.31 Å². The zero-order chi connectivity index (χ0) is 21.4. The van der Waals surface area contributed by atoms with Gasteiger partial charge in [-0.3, -0.25) is 0 Å². The van der Waals surface area contributed by atoms with E-state index < -0.39 is 10.0 Å². The van der Waals surface area contributed by atoms with Crippen molar-refractivity contribution in [1.82, 2.24) is 24.5 Å². The number of H-pyrrole nitrogens is 1. The summed E-state index contributed by atoms with van der Waals surface area (Å²) in [7, 11) is -3.63. The number of anilines is 1. The lowest BCUT2D eigenvalue weighted by Crippen LogP contribution is -2.48. The molecule has 0 saturated carbocycles. The summed E-state index contributed by atoms with van der Waals surface area (Å²) in [5, 5.41) is 9.11. The molecule has 0 radical (unpaired) electrons. The van der Waals surface area contributed by atoms with E-state index in [0.717, 1.165) is 5.56 Å². The lowest BCUT2D eigenvalue weighted by Gasteiger charge is -2.34. The van der Waals surface area contributed by atoms with Crippen molar-refractivity contribution in [3.8, 4) is 11.3 Å². The van der Waals surface area contributed by atoms with Gasteiger partial charge in [-0.15, -0.1) is 10.2 Å². The first-order chi connectivity index (χ1) is 15.0. The molecule has 0 spiro atoms. The second kappa shape index (κ2) is 7.71. The molecule has 4 heterocycles. The van der Waals surface area contributed by atoms with Crippen molar-refractivity contribution in [2.45, 2.75) is 4.90 Å². The molecule has 3 aromatic heterocycles. The predicted octanol–water partition coefficient (Wildman–Crippen LogP) is 2.67. The van der Waals surface area contributed by atoms with Crippen LogP contribution in [0.4, 0.5) is 10.2 Å². The summed E-state index contributed by atoms with van der Waals surface area (Å²) in [5.41, 5.74) is 1.98. The third-order valence-electron chi connectivity index (χ3n) is 5.38. The van der Waals surface area contributed by atoms with E-state index in [-0.39, 0.29) is 10.7 Å². The number of nitrogens with one attached hydrogen (secondary N) is 1. The molecule has 8 nitrogen and oxygen atoms in total. The maximum absolute atomic E-state index is 13.1. The molecule has 10 heteroatoms. The van der Waals surface area contributed by atoms with Gasteiger partial charge in [0.2, 0.25) is 10.0 Å². The van der Waals surface area contributed by atoms with Gasteiger partial charge in [0.15, 0.2) is 5.82 Å².